The summed E-state index contributed by atoms with van der Waals surface area (Å²) in [5.74, 6) is 0.157. The van der Waals surface area contributed by atoms with Crippen LogP contribution in [0.3, 0.4) is 0 Å². The summed E-state index contributed by atoms with van der Waals surface area (Å²) in [6.45, 7) is 1.49. The first kappa shape index (κ1) is 12.7. The van der Waals surface area contributed by atoms with Gasteiger partial charge in [-0.05, 0) is 31.0 Å². The summed E-state index contributed by atoms with van der Waals surface area (Å²) in [4.78, 5) is 7.34. The molecule has 2 aromatic rings. The molecule has 1 aromatic carbocycles. The van der Waals surface area contributed by atoms with E-state index in [0.29, 0.717) is 6.54 Å². The Kier molecular flexibility index (Phi) is 3.57. The summed E-state index contributed by atoms with van der Waals surface area (Å²) in [7, 11) is 0. The molecule has 0 aliphatic carbocycles. The highest BCUT2D eigenvalue weighted by Gasteiger charge is 2.14. The van der Waals surface area contributed by atoms with Crippen molar-refractivity contribution in [3.8, 4) is 5.88 Å². The first-order chi connectivity index (χ1) is 9.24. The quantitative estimate of drug-likeness (QED) is 0.852. The van der Waals surface area contributed by atoms with E-state index in [-0.39, 0.29) is 12.0 Å². The maximum atomic E-state index is 9.92. The van der Waals surface area contributed by atoms with Gasteiger partial charge in [-0.2, -0.15) is 0 Å². The molecule has 4 nitrogen and oxygen atoms in total. The second kappa shape index (κ2) is 5.35. The molecule has 0 amide bonds. The van der Waals surface area contributed by atoms with Crippen molar-refractivity contribution < 1.29 is 9.84 Å². The number of ether oxygens (including phenoxy) is 1. The highest BCUT2D eigenvalue weighted by molar-refractivity contribution is 9.10. The number of rotatable bonds is 3. The molecule has 0 bridgehead atoms. The molecule has 1 atom stereocenters. The van der Waals surface area contributed by atoms with Crippen LogP contribution in [0, 0.1) is 0 Å². The van der Waals surface area contributed by atoms with Crippen molar-refractivity contribution in [3.05, 3.63) is 28.2 Å². The zero-order chi connectivity index (χ0) is 13.2. The van der Waals surface area contributed by atoms with E-state index in [9.17, 15) is 5.11 Å². The lowest BCUT2D eigenvalue weighted by molar-refractivity contribution is 0.118. The van der Waals surface area contributed by atoms with E-state index in [0.717, 1.165) is 40.4 Å². The van der Waals surface area contributed by atoms with Crippen molar-refractivity contribution in [1.29, 1.82) is 0 Å². The molecule has 0 saturated carbocycles. The molecule has 1 unspecified atom stereocenters. The van der Waals surface area contributed by atoms with Gasteiger partial charge in [0.1, 0.15) is 0 Å². The van der Waals surface area contributed by atoms with E-state index in [1.165, 1.54) is 0 Å². The van der Waals surface area contributed by atoms with Crippen LogP contribution >= 0.6 is 15.9 Å². The first-order valence-electron chi connectivity index (χ1n) is 6.35. The summed E-state index contributed by atoms with van der Waals surface area (Å²) in [5.41, 5.74) is 1.63. The molecule has 3 rings (SSSR count). The third-order valence-corrected chi connectivity index (χ3v) is 3.83. The van der Waals surface area contributed by atoms with Crippen LogP contribution in [0.4, 0.5) is 0 Å². The number of benzene rings is 1. The number of hydrogen-bond acceptors (Lipinski definition) is 3. The third kappa shape index (κ3) is 2.67. The number of aliphatic imine (C=N–C) groups is 1. The van der Waals surface area contributed by atoms with Gasteiger partial charge in [0.25, 0.3) is 0 Å². The highest BCUT2D eigenvalue weighted by Crippen LogP contribution is 2.28. The Morgan fingerprint density at radius 1 is 1.53 bits per heavy atom. The van der Waals surface area contributed by atoms with Crippen molar-refractivity contribution in [3.63, 3.8) is 0 Å². The summed E-state index contributed by atoms with van der Waals surface area (Å²) >= 11 is 3.44. The highest BCUT2D eigenvalue weighted by atomic mass is 79.9. The van der Waals surface area contributed by atoms with E-state index in [1.54, 1.807) is 6.21 Å². The van der Waals surface area contributed by atoms with Gasteiger partial charge in [-0.25, -0.2) is 0 Å². The van der Waals surface area contributed by atoms with Crippen LogP contribution in [0.15, 0.2) is 27.7 Å². The minimum Gasteiger partial charge on any atom is -0.494 e. The molecule has 5 heteroatoms. The van der Waals surface area contributed by atoms with Crippen LogP contribution in [-0.4, -0.2) is 35.6 Å². The fourth-order valence-corrected chi connectivity index (χ4v) is 2.71. The number of hydrogen-bond donors (Lipinski definition) is 2. The van der Waals surface area contributed by atoms with E-state index in [4.69, 9.17) is 4.74 Å². The number of aromatic hydroxyl groups is 1. The van der Waals surface area contributed by atoms with E-state index >= 15 is 0 Å². The summed E-state index contributed by atoms with van der Waals surface area (Å²) in [6, 6.07) is 5.83. The molecule has 1 aromatic heterocycles. The number of aromatic nitrogens is 1. The second-order valence-corrected chi connectivity index (χ2v) is 5.62. The standard InChI is InChI=1S/C14H15BrN2O2/c15-9-3-4-13-11(6-9)12(14(18)17-13)8-16-7-10-2-1-5-19-10/h3-4,6,8,10,17-18H,1-2,5,7H2. The Bertz CT molecular complexity index is 615. The fraction of sp³-hybridized carbons (Fsp3) is 0.357. The number of nitrogens with one attached hydrogen (secondary N) is 1. The van der Waals surface area contributed by atoms with Gasteiger partial charge in [0.2, 0.25) is 0 Å². The van der Waals surface area contributed by atoms with Gasteiger partial charge in [0.15, 0.2) is 5.88 Å². The molecular formula is C14H15BrN2O2. The van der Waals surface area contributed by atoms with Gasteiger partial charge < -0.3 is 14.8 Å². The van der Waals surface area contributed by atoms with E-state index in [1.807, 2.05) is 18.2 Å². The number of fused-ring (bicyclic) bond motifs is 1. The van der Waals surface area contributed by atoms with Crippen LogP contribution in [-0.2, 0) is 4.74 Å². The zero-order valence-corrected chi connectivity index (χ0v) is 12.0. The fourth-order valence-electron chi connectivity index (χ4n) is 2.35. The monoisotopic (exact) mass is 322 g/mol. The first-order valence-corrected chi connectivity index (χ1v) is 7.15. The number of halogens is 1. The van der Waals surface area contributed by atoms with Crippen molar-refractivity contribution >= 4 is 33.0 Å². The zero-order valence-electron chi connectivity index (χ0n) is 10.4. The van der Waals surface area contributed by atoms with Gasteiger partial charge in [0.05, 0.1) is 18.2 Å². The maximum absolute atomic E-state index is 9.92. The van der Waals surface area contributed by atoms with Crippen LogP contribution in [0.2, 0.25) is 0 Å². The lowest BCUT2D eigenvalue weighted by Crippen LogP contribution is -2.08. The summed E-state index contributed by atoms with van der Waals surface area (Å²) in [5, 5.41) is 10.9. The van der Waals surface area contributed by atoms with Crippen LogP contribution in [0.5, 0.6) is 5.88 Å². The predicted molar refractivity (Wildman–Crippen MR) is 79.1 cm³/mol. The smallest absolute Gasteiger partial charge is 0.198 e. The molecule has 2 heterocycles. The van der Waals surface area contributed by atoms with Gasteiger partial charge >= 0.3 is 0 Å². The average Bonchev–Trinajstić information content (AvgIpc) is 2.99. The molecule has 2 N–H and O–H groups in total. The van der Waals surface area contributed by atoms with Crippen molar-refractivity contribution in [2.75, 3.05) is 13.2 Å². The molecule has 1 saturated heterocycles. The van der Waals surface area contributed by atoms with Crippen LogP contribution < -0.4 is 0 Å². The second-order valence-electron chi connectivity index (χ2n) is 4.71. The Morgan fingerprint density at radius 2 is 2.42 bits per heavy atom. The summed E-state index contributed by atoms with van der Waals surface area (Å²) in [6.07, 6.45) is 4.14. The Labute approximate surface area is 119 Å². The van der Waals surface area contributed by atoms with Gasteiger partial charge in [-0.3, -0.25) is 4.99 Å². The Hall–Kier alpha value is -1.33. The minimum absolute atomic E-state index is 0.157. The molecular weight excluding hydrogens is 308 g/mol. The van der Waals surface area contributed by atoms with E-state index in [2.05, 4.69) is 25.9 Å². The molecule has 0 radical (unpaired) electrons. The van der Waals surface area contributed by atoms with Crippen LogP contribution in [0.25, 0.3) is 10.9 Å². The van der Waals surface area contributed by atoms with Gasteiger partial charge in [0, 0.05) is 28.2 Å². The van der Waals surface area contributed by atoms with E-state index < -0.39 is 0 Å². The average molecular weight is 323 g/mol. The third-order valence-electron chi connectivity index (χ3n) is 3.33. The number of nitrogens with zero attached hydrogens (tertiary/aromatic N) is 1. The minimum atomic E-state index is 0.157. The Balaban J connectivity index is 1.84. The molecule has 1 fully saturated rings. The maximum Gasteiger partial charge on any atom is 0.198 e. The van der Waals surface area contributed by atoms with Crippen molar-refractivity contribution in [2.24, 2.45) is 4.99 Å². The summed E-state index contributed by atoms with van der Waals surface area (Å²) < 4.78 is 6.50. The van der Waals surface area contributed by atoms with Gasteiger partial charge in [-0.15, -0.1) is 0 Å². The van der Waals surface area contributed by atoms with Crippen molar-refractivity contribution in [1.82, 2.24) is 4.98 Å². The number of H-pyrrole nitrogens is 1. The van der Waals surface area contributed by atoms with Crippen molar-refractivity contribution in [2.45, 2.75) is 18.9 Å². The molecule has 100 valence electrons. The Morgan fingerprint density at radius 3 is 3.21 bits per heavy atom. The van der Waals surface area contributed by atoms with Crippen LogP contribution in [0.1, 0.15) is 18.4 Å². The molecule has 1 aliphatic rings. The predicted octanol–water partition coefficient (Wildman–Crippen LogP) is 3.23. The topological polar surface area (TPSA) is 57.6 Å². The lowest BCUT2D eigenvalue weighted by atomic mass is 10.2. The molecule has 19 heavy (non-hydrogen) atoms. The normalized spacial score (nSPS) is 19.7. The lowest BCUT2D eigenvalue weighted by Gasteiger charge is -2.03. The number of aromatic amines is 1. The molecule has 1 aliphatic heterocycles. The largest absolute Gasteiger partial charge is 0.494 e. The van der Waals surface area contributed by atoms with Gasteiger partial charge in [-0.1, -0.05) is 15.9 Å². The SMILES string of the molecule is Oc1[nH]c2ccc(Br)cc2c1C=NCC1CCCO1. The molecule has 0 spiro atoms.